The second kappa shape index (κ2) is 5.75. The first-order valence-corrected chi connectivity index (χ1v) is 7.68. The van der Waals surface area contributed by atoms with Gasteiger partial charge in [-0.05, 0) is 25.0 Å². The van der Waals surface area contributed by atoms with E-state index >= 15 is 0 Å². The molecule has 0 aliphatic carbocycles. The quantitative estimate of drug-likeness (QED) is 0.779. The van der Waals surface area contributed by atoms with Gasteiger partial charge in [0.1, 0.15) is 11.2 Å². The molecule has 1 atom stereocenters. The molecule has 1 saturated heterocycles. The van der Waals surface area contributed by atoms with Crippen molar-refractivity contribution < 1.29 is 4.79 Å². The van der Waals surface area contributed by atoms with E-state index in [0.29, 0.717) is 17.9 Å². The first-order valence-electron chi connectivity index (χ1n) is 7.68. The van der Waals surface area contributed by atoms with Gasteiger partial charge in [-0.1, -0.05) is 6.07 Å². The van der Waals surface area contributed by atoms with E-state index in [1.807, 2.05) is 17.0 Å². The maximum Gasteiger partial charge on any atom is 0.272 e. The third-order valence-electron chi connectivity index (χ3n) is 4.22. The van der Waals surface area contributed by atoms with Crippen LogP contribution in [0.15, 0.2) is 36.8 Å². The molecule has 7 nitrogen and oxygen atoms in total. The summed E-state index contributed by atoms with van der Waals surface area (Å²) in [5.74, 6) is 0.170. The highest BCUT2D eigenvalue weighted by molar-refractivity contribution is 5.92. The second-order valence-electron chi connectivity index (χ2n) is 5.67. The van der Waals surface area contributed by atoms with Crippen molar-refractivity contribution in [1.29, 1.82) is 0 Å². The summed E-state index contributed by atoms with van der Waals surface area (Å²) in [6.45, 7) is 1.40. The lowest BCUT2D eigenvalue weighted by molar-refractivity contribution is 0.0700. The monoisotopic (exact) mass is 308 g/mol. The first-order chi connectivity index (χ1) is 11.3. The molecule has 0 bridgehead atoms. The van der Waals surface area contributed by atoms with E-state index in [1.54, 1.807) is 24.7 Å². The lowest BCUT2D eigenvalue weighted by Gasteiger charge is -2.32. The number of likely N-dealkylation sites (tertiary alicyclic amines) is 1. The van der Waals surface area contributed by atoms with Crippen LogP contribution in [0.3, 0.4) is 0 Å². The van der Waals surface area contributed by atoms with Crippen molar-refractivity contribution in [1.82, 2.24) is 30.0 Å². The van der Waals surface area contributed by atoms with Crippen molar-refractivity contribution in [2.75, 3.05) is 13.1 Å². The van der Waals surface area contributed by atoms with E-state index in [-0.39, 0.29) is 11.8 Å². The number of nitrogens with zero attached hydrogens (tertiary/aromatic N) is 5. The molecule has 1 fully saturated rings. The molecule has 4 heterocycles. The number of amides is 1. The Kier molecular flexibility index (Phi) is 3.45. The summed E-state index contributed by atoms with van der Waals surface area (Å²) >= 11 is 0. The Hall–Kier alpha value is -2.83. The molecule has 23 heavy (non-hydrogen) atoms. The number of rotatable bonds is 2. The Morgan fingerprint density at radius 2 is 2.09 bits per heavy atom. The molecule has 116 valence electrons. The Bertz CT molecular complexity index is 831. The van der Waals surface area contributed by atoms with Crippen LogP contribution in [-0.4, -0.2) is 49.0 Å². The van der Waals surface area contributed by atoms with Crippen LogP contribution >= 0.6 is 0 Å². The SMILES string of the molecule is O=C(c1ccccn1)N1CCCC(c2[nH]nc3nccnc23)C1. The molecular weight excluding hydrogens is 292 g/mol. The van der Waals surface area contributed by atoms with Gasteiger partial charge in [0.2, 0.25) is 0 Å². The fraction of sp³-hybridized carbons (Fsp3) is 0.312. The van der Waals surface area contributed by atoms with Gasteiger partial charge in [0.25, 0.3) is 5.91 Å². The number of hydrogen-bond donors (Lipinski definition) is 1. The van der Waals surface area contributed by atoms with Gasteiger partial charge in [0.05, 0.1) is 5.69 Å². The van der Waals surface area contributed by atoms with Crippen molar-refractivity contribution in [3.05, 3.63) is 48.2 Å². The number of piperidine rings is 1. The average Bonchev–Trinajstić information content (AvgIpc) is 3.06. The van der Waals surface area contributed by atoms with E-state index in [0.717, 1.165) is 30.6 Å². The number of carbonyl (C=O) groups is 1. The molecule has 3 aromatic rings. The third-order valence-corrected chi connectivity index (χ3v) is 4.22. The van der Waals surface area contributed by atoms with E-state index in [4.69, 9.17) is 0 Å². The number of pyridine rings is 1. The Morgan fingerprint density at radius 1 is 1.17 bits per heavy atom. The number of H-pyrrole nitrogens is 1. The van der Waals surface area contributed by atoms with E-state index in [1.165, 1.54) is 0 Å². The van der Waals surface area contributed by atoms with Crippen LogP contribution in [0.1, 0.15) is 34.9 Å². The van der Waals surface area contributed by atoms with Crippen LogP contribution in [0.4, 0.5) is 0 Å². The second-order valence-corrected chi connectivity index (χ2v) is 5.67. The van der Waals surface area contributed by atoms with Crippen LogP contribution in [0.2, 0.25) is 0 Å². The van der Waals surface area contributed by atoms with Gasteiger partial charge in [0.15, 0.2) is 5.65 Å². The van der Waals surface area contributed by atoms with Gasteiger partial charge in [0, 0.05) is 37.6 Å². The summed E-state index contributed by atoms with van der Waals surface area (Å²) in [5, 5.41) is 7.26. The summed E-state index contributed by atoms with van der Waals surface area (Å²) in [6.07, 6.45) is 6.89. The molecule has 0 radical (unpaired) electrons. The minimum absolute atomic E-state index is 0.0230. The predicted octanol–water partition coefficient (Wildman–Crippen LogP) is 1.77. The van der Waals surface area contributed by atoms with Crippen LogP contribution in [-0.2, 0) is 0 Å². The van der Waals surface area contributed by atoms with Gasteiger partial charge < -0.3 is 4.90 Å². The molecule has 0 spiro atoms. The van der Waals surface area contributed by atoms with Crippen molar-refractivity contribution in [2.24, 2.45) is 0 Å². The zero-order valence-electron chi connectivity index (χ0n) is 12.5. The third kappa shape index (κ3) is 2.54. The molecule has 1 aliphatic heterocycles. The maximum absolute atomic E-state index is 12.6. The van der Waals surface area contributed by atoms with Crippen molar-refractivity contribution in [2.45, 2.75) is 18.8 Å². The van der Waals surface area contributed by atoms with Crippen LogP contribution in [0.5, 0.6) is 0 Å². The molecule has 1 amide bonds. The van der Waals surface area contributed by atoms with Crippen molar-refractivity contribution >= 4 is 17.1 Å². The number of aromatic nitrogens is 5. The summed E-state index contributed by atoms with van der Waals surface area (Å²) in [7, 11) is 0. The molecule has 3 aromatic heterocycles. The minimum Gasteiger partial charge on any atom is -0.337 e. The maximum atomic E-state index is 12.6. The van der Waals surface area contributed by atoms with Crippen LogP contribution in [0, 0.1) is 0 Å². The standard InChI is InChI=1S/C16H16N6O/c23-16(12-5-1-2-6-17-12)22-9-3-4-11(10-22)13-14-15(21-20-13)19-8-7-18-14/h1-2,5-8,11H,3-4,9-10H2,(H,19,20,21). The largest absolute Gasteiger partial charge is 0.337 e. The lowest BCUT2D eigenvalue weighted by Crippen LogP contribution is -2.39. The Morgan fingerprint density at radius 3 is 2.96 bits per heavy atom. The van der Waals surface area contributed by atoms with E-state index in [2.05, 4.69) is 25.1 Å². The Balaban J connectivity index is 1.59. The van der Waals surface area contributed by atoms with Gasteiger partial charge in [-0.25, -0.2) is 9.97 Å². The van der Waals surface area contributed by atoms with Gasteiger partial charge in [-0.2, -0.15) is 5.10 Å². The van der Waals surface area contributed by atoms with Gasteiger partial charge in [-0.3, -0.25) is 14.9 Å². The highest BCUT2D eigenvalue weighted by atomic mass is 16.2. The zero-order chi connectivity index (χ0) is 15.6. The number of hydrogen-bond acceptors (Lipinski definition) is 5. The predicted molar refractivity (Wildman–Crippen MR) is 83.8 cm³/mol. The van der Waals surface area contributed by atoms with E-state index in [9.17, 15) is 4.79 Å². The molecule has 1 N–H and O–H groups in total. The molecule has 0 aromatic carbocycles. The van der Waals surface area contributed by atoms with Crippen molar-refractivity contribution in [3.63, 3.8) is 0 Å². The number of nitrogens with one attached hydrogen (secondary N) is 1. The fourth-order valence-corrected chi connectivity index (χ4v) is 3.10. The van der Waals surface area contributed by atoms with Crippen molar-refractivity contribution in [3.8, 4) is 0 Å². The van der Waals surface area contributed by atoms with Crippen LogP contribution < -0.4 is 0 Å². The van der Waals surface area contributed by atoms with Gasteiger partial charge in [-0.15, -0.1) is 0 Å². The summed E-state index contributed by atoms with van der Waals surface area (Å²) in [6, 6.07) is 5.40. The summed E-state index contributed by atoms with van der Waals surface area (Å²) in [4.78, 5) is 27.2. The zero-order valence-corrected chi connectivity index (χ0v) is 12.5. The van der Waals surface area contributed by atoms with E-state index < -0.39 is 0 Å². The molecular formula is C16H16N6O. The summed E-state index contributed by atoms with van der Waals surface area (Å²) in [5.41, 5.74) is 2.87. The highest BCUT2D eigenvalue weighted by Crippen LogP contribution is 2.29. The first kappa shape index (κ1) is 13.8. The summed E-state index contributed by atoms with van der Waals surface area (Å²) < 4.78 is 0. The molecule has 7 heteroatoms. The highest BCUT2D eigenvalue weighted by Gasteiger charge is 2.28. The topological polar surface area (TPSA) is 87.7 Å². The number of fused-ring (bicyclic) bond motifs is 1. The smallest absolute Gasteiger partial charge is 0.272 e. The molecule has 4 rings (SSSR count). The normalized spacial score (nSPS) is 18.3. The number of aromatic amines is 1. The Labute approximate surface area is 132 Å². The molecule has 0 saturated carbocycles. The fourth-order valence-electron chi connectivity index (χ4n) is 3.10. The molecule has 1 unspecified atom stereocenters. The number of carbonyl (C=O) groups excluding carboxylic acids is 1. The lowest BCUT2D eigenvalue weighted by atomic mass is 9.94. The van der Waals surface area contributed by atoms with Crippen LogP contribution in [0.25, 0.3) is 11.2 Å². The minimum atomic E-state index is -0.0230. The van der Waals surface area contributed by atoms with Gasteiger partial charge >= 0.3 is 0 Å². The average molecular weight is 308 g/mol. The molecule has 1 aliphatic rings.